The summed E-state index contributed by atoms with van der Waals surface area (Å²) in [7, 11) is 0. The molecule has 0 aliphatic carbocycles. The first-order chi connectivity index (χ1) is 8.35. The highest BCUT2D eigenvalue weighted by Crippen LogP contribution is 2.29. The SMILES string of the molecule is CCOc1ccccc1C1CN(C=O)CCO1. The molecular formula is C13H17NO3. The van der Waals surface area contributed by atoms with Crippen LogP contribution in [0.3, 0.4) is 0 Å². The molecule has 1 saturated heterocycles. The molecule has 1 aliphatic heterocycles. The van der Waals surface area contributed by atoms with Gasteiger partial charge in [0.15, 0.2) is 0 Å². The molecule has 1 unspecified atom stereocenters. The van der Waals surface area contributed by atoms with Gasteiger partial charge in [0.05, 0.1) is 19.8 Å². The number of para-hydroxylation sites is 1. The maximum Gasteiger partial charge on any atom is 0.209 e. The van der Waals surface area contributed by atoms with E-state index in [0.717, 1.165) is 17.7 Å². The Morgan fingerprint density at radius 1 is 1.53 bits per heavy atom. The lowest BCUT2D eigenvalue weighted by Crippen LogP contribution is -2.37. The quantitative estimate of drug-likeness (QED) is 0.744. The summed E-state index contributed by atoms with van der Waals surface area (Å²) >= 11 is 0. The monoisotopic (exact) mass is 235 g/mol. The molecule has 1 aromatic rings. The van der Waals surface area contributed by atoms with Crippen molar-refractivity contribution in [3.05, 3.63) is 29.8 Å². The molecule has 0 aromatic heterocycles. The van der Waals surface area contributed by atoms with Crippen molar-refractivity contribution < 1.29 is 14.3 Å². The summed E-state index contributed by atoms with van der Waals surface area (Å²) in [6, 6.07) is 7.82. The molecule has 2 rings (SSSR count). The maximum atomic E-state index is 10.8. The predicted octanol–water partition coefficient (Wildman–Crippen LogP) is 1.61. The summed E-state index contributed by atoms with van der Waals surface area (Å²) in [6.07, 6.45) is 0.787. The Morgan fingerprint density at radius 2 is 2.35 bits per heavy atom. The van der Waals surface area contributed by atoms with Crippen molar-refractivity contribution in [1.29, 1.82) is 0 Å². The van der Waals surface area contributed by atoms with Crippen molar-refractivity contribution in [3.63, 3.8) is 0 Å². The highest BCUT2D eigenvalue weighted by molar-refractivity contribution is 5.48. The fourth-order valence-electron chi connectivity index (χ4n) is 1.99. The van der Waals surface area contributed by atoms with Gasteiger partial charge < -0.3 is 14.4 Å². The van der Waals surface area contributed by atoms with Crippen LogP contribution in [0.2, 0.25) is 0 Å². The zero-order chi connectivity index (χ0) is 12.1. The summed E-state index contributed by atoms with van der Waals surface area (Å²) < 4.78 is 11.3. The minimum Gasteiger partial charge on any atom is -0.493 e. The highest BCUT2D eigenvalue weighted by Gasteiger charge is 2.23. The predicted molar refractivity (Wildman–Crippen MR) is 63.9 cm³/mol. The van der Waals surface area contributed by atoms with E-state index in [0.29, 0.717) is 26.3 Å². The minimum atomic E-state index is -0.0864. The van der Waals surface area contributed by atoms with Gasteiger partial charge in [-0.15, -0.1) is 0 Å². The lowest BCUT2D eigenvalue weighted by atomic mass is 10.1. The first-order valence-corrected chi connectivity index (χ1v) is 5.87. The third-order valence-corrected chi connectivity index (χ3v) is 2.81. The number of nitrogens with zero attached hydrogens (tertiary/aromatic N) is 1. The number of carbonyl (C=O) groups is 1. The Bertz CT molecular complexity index is 381. The number of carbonyl (C=O) groups excluding carboxylic acids is 1. The molecule has 1 fully saturated rings. The van der Waals surface area contributed by atoms with E-state index in [-0.39, 0.29) is 6.10 Å². The van der Waals surface area contributed by atoms with Crippen LogP contribution < -0.4 is 4.74 Å². The standard InChI is InChI=1S/C13H17NO3/c1-2-16-12-6-4-3-5-11(12)13-9-14(10-15)7-8-17-13/h3-6,10,13H,2,7-9H2,1H3. The molecule has 1 aliphatic rings. The molecule has 0 spiro atoms. The Kier molecular flexibility index (Phi) is 3.98. The summed E-state index contributed by atoms with van der Waals surface area (Å²) in [5.41, 5.74) is 1.01. The molecule has 92 valence electrons. The van der Waals surface area contributed by atoms with Crippen molar-refractivity contribution >= 4 is 6.41 Å². The number of ether oxygens (including phenoxy) is 2. The molecule has 17 heavy (non-hydrogen) atoms. The largest absolute Gasteiger partial charge is 0.493 e. The Balaban J connectivity index is 2.17. The molecule has 1 aromatic carbocycles. The van der Waals surface area contributed by atoms with Crippen LogP contribution in [-0.4, -0.2) is 37.6 Å². The van der Waals surface area contributed by atoms with E-state index in [1.807, 2.05) is 31.2 Å². The lowest BCUT2D eigenvalue weighted by Gasteiger charge is -2.31. The topological polar surface area (TPSA) is 38.8 Å². The zero-order valence-corrected chi connectivity index (χ0v) is 9.96. The molecule has 0 N–H and O–H groups in total. The van der Waals surface area contributed by atoms with Crippen LogP contribution in [0.15, 0.2) is 24.3 Å². The van der Waals surface area contributed by atoms with Crippen molar-refractivity contribution in [3.8, 4) is 5.75 Å². The second-order valence-corrected chi connectivity index (χ2v) is 3.93. The van der Waals surface area contributed by atoms with Gasteiger partial charge >= 0.3 is 0 Å². The minimum absolute atomic E-state index is 0.0864. The Hall–Kier alpha value is -1.55. The van der Waals surface area contributed by atoms with Gasteiger partial charge in [-0.05, 0) is 13.0 Å². The number of benzene rings is 1. The van der Waals surface area contributed by atoms with Crippen LogP contribution in [-0.2, 0) is 9.53 Å². The van der Waals surface area contributed by atoms with E-state index in [1.165, 1.54) is 0 Å². The first-order valence-electron chi connectivity index (χ1n) is 5.87. The van der Waals surface area contributed by atoms with Gasteiger partial charge in [-0.1, -0.05) is 18.2 Å². The van der Waals surface area contributed by atoms with E-state index < -0.39 is 0 Å². The smallest absolute Gasteiger partial charge is 0.209 e. The van der Waals surface area contributed by atoms with E-state index in [4.69, 9.17) is 9.47 Å². The van der Waals surface area contributed by atoms with Gasteiger partial charge in [-0.2, -0.15) is 0 Å². The second-order valence-electron chi connectivity index (χ2n) is 3.93. The van der Waals surface area contributed by atoms with Gasteiger partial charge in [0.1, 0.15) is 11.9 Å². The third kappa shape index (κ3) is 2.77. The van der Waals surface area contributed by atoms with Crippen molar-refractivity contribution in [1.82, 2.24) is 4.90 Å². The van der Waals surface area contributed by atoms with Crippen LogP contribution in [0.5, 0.6) is 5.75 Å². The first kappa shape index (κ1) is 11.9. The van der Waals surface area contributed by atoms with Crippen molar-refractivity contribution in [2.45, 2.75) is 13.0 Å². The molecule has 1 amide bonds. The van der Waals surface area contributed by atoms with Crippen LogP contribution in [0, 0.1) is 0 Å². The highest BCUT2D eigenvalue weighted by atomic mass is 16.5. The molecular weight excluding hydrogens is 218 g/mol. The van der Waals surface area contributed by atoms with Gasteiger partial charge in [0, 0.05) is 12.1 Å². The summed E-state index contributed by atoms with van der Waals surface area (Å²) in [5, 5.41) is 0. The van der Waals surface area contributed by atoms with Gasteiger partial charge in [-0.3, -0.25) is 4.79 Å². The Morgan fingerprint density at radius 3 is 3.12 bits per heavy atom. The molecule has 0 radical (unpaired) electrons. The van der Waals surface area contributed by atoms with E-state index >= 15 is 0 Å². The molecule has 1 atom stereocenters. The van der Waals surface area contributed by atoms with E-state index in [2.05, 4.69) is 0 Å². The molecule has 4 heteroatoms. The molecule has 1 heterocycles. The average molecular weight is 235 g/mol. The molecule has 4 nitrogen and oxygen atoms in total. The van der Waals surface area contributed by atoms with E-state index in [9.17, 15) is 4.79 Å². The third-order valence-electron chi connectivity index (χ3n) is 2.81. The molecule has 0 saturated carbocycles. The summed E-state index contributed by atoms with van der Waals surface area (Å²) in [6.45, 7) is 4.41. The Labute approximate surface area is 101 Å². The summed E-state index contributed by atoms with van der Waals surface area (Å²) in [4.78, 5) is 12.5. The number of rotatable bonds is 4. The van der Waals surface area contributed by atoms with Crippen LogP contribution in [0.4, 0.5) is 0 Å². The summed E-state index contributed by atoms with van der Waals surface area (Å²) in [5.74, 6) is 0.841. The number of morpholine rings is 1. The van der Waals surface area contributed by atoms with Crippen LogP contribution >= 0.6 is 0 Å². The fraction of sp³-hybridized carbons (Fsp3) is 0.462. The molecule has 0 bridgehead atoms. The van der Waals surface area contributed by atoms with Crippen molar-refractivity contribution in [2.24, 2.45) is 0 Å². The van der Waals surface area contributed by atoms with Gasteiger partial charge in [0.2, 0.25) is 6.41 Å². The second kappa shape index (κ2) is 5.68. The average Bonchev–Trinajstić information content (AvgIpc) is 2.40. The van der Waals surface area contributed by atoms with E-state index in [1.54, 1.807) is 4.90 Å². The number of hydrogen-bond acceptors (Lipinski definition) is 3. The number of hydrogen-bond donors (Lipinski definition) is 0. The number of amides is 1. The van der Waals surface area contributed by atoms with Crippen molar-refractivity contribution in [2.75, 3.05) is 26.3 Å². The fourth-order valence-corrected chi connectivity index (χ4v) is 1.99. The van der Waals surface area contributed by atoms with Gasteiger partial charge in [-0.25, -0.2) is 0 Å². The maximum absolute atomic E-state index is 10.8. The zero-order valence-electron chi connectivity index (χ0n) is 9.96. The van der Waals surface area contributed by atoms with Gasteiger partial charge in [0.25, 0.3) is 0 Å². The lowest BCUT2D eigenvalue weighted by molar-refractivity contribution is -0.125. The van der Waals surface area contributed by atoms with Crippen LogP contribution in [0.1, 0.15) is 18.6 Å². The van der Waals surface area contributed by atoms with Crippen LogP contribution in [0.25, 0.3) is 0 Å². The normalized spacial score (nSPS) is 20.1.